The minimum atomic E-state index is -0.0258. The topological polar surface area (TPSA) is 164 Å². The average Bonchev–Trinajstić information content (AvgIpc) is 3.57. The SMILES string of the molecule is CC(=O)NCSCCNC(=O)CCC(C)[C@H]1CCC2C3C(OCCCSCCN)CC4C[C@H](OCCCSCCN)CC[C@]4(C)C3C[C@H](OCCCSCCN)[C@@]21C. The number of thioether (sulfide) groups is 4. The molecule has 6 unspecified atom stereocenters. The van der Waals surface area contributed by atoms with E-state index in [-0.39, 0.29) is 34.9 Å². The molecule has 58 heavy (non-hydrogen) atoms. The van der Waals surface area contributed by atoms with E-state index in [1.54, 1.807) is 11.8 Å². The summed E-state index contributed by atoms with van der Waals surface area (Å²) in [4.78, 5) is 24.2. The lowest BCUT2D eigenvalue weighted by Crippen LogP contribution is -2.63. The maximum atomic E-state index is 13.0. The predicted octanol–water partition coefficient (Wildman–Crippen LogP) is 6.63. The largest absolute Gasteiger partial charge is 0.378 e. The Morgan fingerprint density at radius 3 is 2.02 bits per heavy atom. The van der Waals surface area contributed by atoms with E-state index in [4.69, 9.17) is 31.4 Å². The molecule has 4 saturated carbocycles. The van der Waals surface area contributed by atoms with Crippen molar-refractivity contribution in [2.24, 2.45) is 63.5 Å². The lowest BCUT2D eigenvalue weighted by Gasteiger charge is -2.65. The first kappa shape index (κ1) is 50.7. The fraction of sp³-hybridized carbons (Fsp3) is 0.955. The van der Waals surface area contributed by atoms with Crippen LogP contribution in [0.4, 0.5) is 0 Å². The standard InChI is InChI=1S/C44H83N5O5S4/c1-32(8-11-41(51)48-17-27-58-31-49-33(2)50)36-9-10-37-42-38(30-40(44(36,37)4)54-20-7-23-57-26-16-47)43(3)13-12-35(52-18-5-21-55-24-14-45)28-34(43)29-39(42)53-19-6-22-56-25-15-46/h32,34-40,42H,5-31,45-47H2,1-4H3,(H,48,51)(H,49,50)/t32?,34?,35-,36-,37?,38?,39?,40+,42?,43+,44-/m1/s1. The summed E-state index contributed by atoms with van der Waals surface area (Å²) in [5.74, 6) is 11.0. The van der Waals surface area contributed by atoms with E-state index in [9.17, 15) is 9.59 Å². The van der Waals surface area contributed by atoms with E-state index >= 15 is 0 Å². The second kappa shape index (κ2) is 27.3. The molecule has 0 bridgehead atoms. The molecular formula is C44H83N5O5S4. The molecule has 4 aliphatic rings. The quantitative estimate of drug-likeness (QED) is 0.0388. The molecule has 0 saturated heterocycles. The van der Waals surface area contributed by atoms with Crippen molar-refractivity contribution in [2.75, 3.05) is 92.1 Å². The lowest BCUT2D eigenvalue weighted by molar-refractivity contribution is -0.227. The molecule has 2 amide bonds. The van der Waals surface area contributed by atoms with Gasteiger partial charge < -0.3 is 42.0 Å². The first-order valence-corrected chi connectivity index (χ1v) is 27.5. The lowest BCUT2D eigenvalue weighted by atomic mass is 9.43. The number of ether oxygens (including phenoxy) is 3. The number of amides is 2. The summed E-state index contributed by atoms with van der Waals surface area (Å²) in [6, 6.07) is 0. The molecule has 8 N–H and O–H groups in total. The van der Waals surface area contributed by atoms with Crippen molar-refractivity contribution >= 4 is 58.9 Å². The van der Waals surface area contributed by atoms with Gasteiger partial charge in [0.25, 0.3) is 0 Å². The van der Waals surface area contributed by atoms with E-state index in [0.29, 0.717) is 60.5 Å². The van der Waals surface area contributed by atoms with Crippen molar-refractivity contribution < 1.29 is 23.8 Å². The van der Waals surface area contributed by atoms with Crippen molar-refractivity contribution in [3.8, 4) is 0 Å². The summed E-state index contributed by atoms with van der Waals surface area (Å²) in [5, 5.41) is 5.93. The van der Waals surface area contributed by atoms with Crippen LogP contribution in [0.5, 0.6) is 0 Å². The van der Waals surface area contributed by atoms with E-state index in [2.05, 4.69) is 31.4 Å². The number of hydrogen-bond acceptors (Lipinski definition) is 12. The summed E-state index contributed by atoms with van der Waals surface area (Å²) >= 11 is 7.45. The zero-order valence-electron chi connectivity index (χ0n) is 36.7. The maximum absolute atomic E-state index is 13.0. The molecule has 4 fully saturated rings. The van der Waals surface area contributed by atoms with Gasteiger partial charge in [0, 0.05) is 87.8 Å². The fourth-order valence-corrected chi connectivity index (χ4v) is 14.3. The van der Waals surface area contributed by atoms with Gasteiger partial charge in [-0.15, -0.1) is 11.8 Å². The first-order chi connectivity index (χ1) is 28.1. The Bertz CT molecular complexity index is 1180. The van der Waals surface area contributed by atoms with Crippen LogP contribution in [0.2, 0.25) is 0 Å². The molecule has 0 aromatic heterocycles. The Kier molecular flexibility index (Phi) is 23.9. The third-order valence-electron chi connectivity index (χ3n) is 14.4. The van der Waals surface area contributed by atoms with Crippen LogP contribution in [0.15, 0.2) is 0 Å². The van der Waals surface area contributed by atoms with Crippen LogP contribution in [0.1, 0.15) is 105 Å². The van der Waals surface area contributed by atoms with Crippen LogP contribution in [-0.4, -0.2) is 122 Å². The normalized spacial score (nSPS) is 32.3. The van der Waals surface area contributed by atoms with Crippen molar-refractivity contribution in [1.29, 1.82) is 0 Å². The molecule has 0 aromatic rings. The molecule has 11 atom stereocenters. The molecular weight excluding hydrogens is 807 g/mol. The number of nitrogens with two attached hydrogens (primary N) is 3. The van der Waals surface area contributed by atoms with Crippen LogP contribution in [0.25, 0.3) is 0 Å². The van der Waals surface area contributed by atoms with E-state index < -0.39 is 0 Å². The van der Waals surface area contributed by atoms with Gasteiger partial charge in [0.05, 0.1) is 24.2 Å². The van der Waals surface area contributed by atoms with Gasteiger partial charge in [-0.2, -0.15) is 35.3 Å². The van der Waals surface area contributed by atoms with Crippen LogP contribution in [-0.2, 0) is 23.8 Å². The molecule has 0 aliphatic heterocycles. The number of carbonyl (C=O) groups excluding carboxylic acids is 2. The number of nitrogens with one attached hydrogen (secondary N) is 2. The van der Waals surface area contributed by atoms with Crippen molar-refractivity contribution in [2.45, 2.75) is 123 Å². The Labute approximate surface area is 370 Å². The Balaban J connectivity index is 1.50. The second-order valence-electron chi connectivity index (χ2n) is 18.0. The van der Waals surface area contributed by atoms with Crippen molar-refractivity contribution in [3.05, 3.63) is 0 Å². The smallest absolute Gasteiger partial charge is 0.220 e. The van der Waals surface area contributed by atoms with Crippen LogP contribution in [0.3, 0.4) is 0 Å². The maximum Gasteiger partial charge on any atom is 0.220 e. The summed E-state index contributed by atoms with van der Waals surface area (Å²) in [6.07, 6.45) is 13.6. The van der Waals surface area contributed by atoms with E-state index in [1.807, 2.05) is 35.3 Å². The predicted molar refractivity (Wildman–Crippen MR) is 251 cm³/mol. The van der Waals surface area contributed by atoms with Gasteiger partial charge in [0.1, 0.15) is 0 Å². The first-order valence-electron chi connectivity index (χ1n) is 22.9. The van der Waals surface area contributed by atoms with Crippen molar-refractivity contribution in [1.82, 2.24) is 10.6 Å². The Hall–Kier alpha value is 0.1000. The highest BCUT2D eigenvalue weighted by atomic mass is 32.2. The molecule has 4 rings (SSSR count). The number of hydrogen-bond donors (Lipinski definition) is 5. The van der Waals surface area contributed by atoms with Gasteiger partial charge in [0.2, 0.25) is 11.8 Å². The van der Waals surface area contributed by atoms with Gasteiger partial charge in [-0.25, -0.2) is 0 Å². The Morgan fingerprint density at radius 1 is 0.741 bits per heavy atom. The molecule has 0 aromatic carbocycles. The minimum absolute atomic E-state index is 0.0258. The summed E-state index contributed by atoms with van der Waals surface area (Å²) in [5.41, 5.74) is 17.6. The molecule has 10 nitrogen and oxygen atoms in total. The van der Waals surface area contributed by atoms with Gasteiger partial charge in [-0.05, 0) is 129 Å². The molecule has 0 spiro atoms. The molecule has 0 heterocycles. The highest BCUT2D eigenvalue weighted by Crippen LogP contribution is 2.69. The van der Waals surface area contributed by atoms with Crippen LogP contribution in [0, 0.1) is 46.3 Å². The summed E-state index contributed by atoms with van der Waals surface area (Å²) < 4.78 is 21.0. The number of fused-ring (bicyclic) bond motifs is 5. The fourth-order valence-electron chi connectivity index (χ4n) is 11.5. The number of carbonyl (C=O) groups is 2. The molecule has 0 radical (unpaired) electrons. The minimum Gasteiger partial charge on any atom is -0.378 e. The van der Waals surface area contributed by atoms with Gasteiger partial charge in [0.15, 0.2) is 0 Å². The third kappa shape index (κ3) is 14.8. The Morgan fingerprint density at radius 2 is 1.38 bits per heavy atom. The molecule has 14 heteroatoms. The second-order valence-corrected chi connectivity index (χ2v) is 22.7. The van der Waals surface area contributed by atoms with Crippen LogP contribution < -0.4 is 27.8 Å². The summed E-state index contributed by atoms with van der Waals surface area (Å²) in [7, 11) is 0. The van der Waals surface area contributed by atoms with Gasteiger partial charge in [-0.3, -0.25) is 9.59 Å². The van der Waals surface area contributed by atoms with E-state index in [0.717, 1.165) is 131 Å². The molecule has 4 aliphatic carbocycles. The highest BCUT2D eigenvalue weighted by molar-refractivity contribution is 7.99. The summed E-state index contributed by atoms with van der Waals surface area (Å²) in [6.45, 7) is 14.5. The highest BCUT2D eigenvalue weighted by Gasteiger charge is 2.66. The monoisotopic (exact) mass is 890 g/mol. The average molecular weight is 890 g/mol. The van der Waals surface area contributed by atoms with Gasteiger partial charge >= 0.3 is 0 Å². The zero-order chi connectivity index (χ0) is 41.8. The van der Waals surface area contributed by atoms with Crippen LogP contribution >= 0.6 is 47.0 Å². The molecule has 338 valence electrons. The van der Waals surface area contributed by atoms with E-state index in [1.165, 1.54) is 26.2 Å². The van der Waals surface area contributed by atoms with Crippen molar-refractivity contribution in [3.63, 3.8) is 0 Å². The third-order valence-corrected chi connectivity index (χ3v) is 18.5. The zero-order valence-corrected chi connectivity index (χ0v) is 40.0. The van der Waals surface area contributed by atoms with Gasteiger partial charge in [-0.1, -0.05) is 20.8 Å². The number of rotatable bonds is 30.